The van der Waals surface area contributed by atoms with Gasteiger partial charge in [0.2, 0.25) is 11.8 Å². The summed E-state index contributed by atoms with van der Waals surface area (Å²) >= 11 is 0. The number of benzene rings is 1. The van der Waals surface area contributed by atoms with Gasteiger partial charge in [-0.2, -0.15) is 0 Å². The molecule has 0 aliphatic carbocycles. The average Bonchev–Trinajstić information content (AvgIpc) is 2.58. The zero-order valence-electron chi connectivity index (χ0n) is 14.8. The summed E-state index contributed by atoms with van der Waals surface area (Å²) in [6.07, 6.45) is 1.22. The van der Waals surface area contributed by atoms with Crippen molar-refractivity contribution in [3.63, 3.8) is 0 Å². The third kappa shape index (κ3) is 4.79. The van der Waals surface area contributed by atoms with Gasteiger partial charge in [0.1, 0.15) is 6.04 Å². The van der Waals surface area contributed by atoms with Crippen LogP contribution in [0.3, 0.4) is 0 Å². The Hall–Kier alpha value is -2.41. The highest BCUT2D eigenvalue weighted by molar-refractivity contribution is 5.93. The van der Waals surface area contributed by atoms with Crippen molar-refractivity contribution in [2.75, 3.05) is 6.54 Å². The molecule has 2 rings (SSSR count). The maximum Gasteiger partial charge on any atom is 0.274 e. The Balaban J connectivity index is 2.13. The first kappa shape index (κ1) is 18.9. The molecule has 0 spiro atoms. The summed E-state index contributed by atoms with van der Waals surface area (Å²) in [6.45, 7) is 6.43. The molecule has 1 atom stereocenters. The maximum atomic E-state index is 12.8. The Bertz CT molecular complexity index is 672. The standard InChI is InChI=1S/C18H25N3O4/c1-11(2)8-16(19-12(3)22)18(24)21-7-6-13-9-14(17(23)20-25)4-5-15(13)10-21/h4-5,9,11,16,25H,6-8,10H2,1-3H3,(H,19,22)(H,20,23). The van der Waals surface area contributed by atoms with Crippen LogP contribution in [0.25, 0.3) is 0 Å². The summed E-state index contributed by atoms with van der Waals surface area (Å²) in [5.74, 6) is -0.552. The van der Waals surface area contributed by atoms with Gasteiger partial charge in [0.15, 0.2) is 0 Å². The summed E-state index contributed by atoms with van der Waals surface area (Å²) in [5.41, 5.74) is 3.97. The second kappa shape index (κ2) is 8.11. The van der Waals surface area contributed by atoms with E-state index in [9.17, 15) is 14.4 Å². The van der Waals surface area contributed by atoms with E-state index in [1.807, 2.05) is 13.8 Å². The van der Waals surface area contributed by atoms with Crippen LogP contribution in [0.1, 0.15) is 48.7 Å². The molecule has 7 nitrogen and oxygen atoms in total. The van der Waals surface area contributed by atoms with Crippen LogP contribution < -0.4 is 10.8 Å². The number of hydroxylamine groups is 1. The van der Waals surface area contributed by atoms with Crippen molar-refractivity contribution in [1.82, 2.24) is 15.7 Å². The van der Waals surface area contributed by atoms with Gasteiger partial charge in [0, 0.05) is 25.6 Å². The lowest BCUT2D eigenvalue weighted by Crippen LogP contribution is -2.49. The number of fused-ring (bicyclic) bond motifs is 1. The van der Waals surface area contributed by atoms with Crippen molar-refractivity contribution in [1.29, 1.82) is 0 Å². The van der Waals surface area contributed by atoms with E-state index in [0.29, 0.717) is 31.5 Å². The largest absolute Gasteiger partial charge is 0.345 e. The van der Waals surface area contributed by atoms with Crippen molar-refractivity contribution < 1.29 is 19.6 Å². The van der Waals surface area contributed by atoms with Crippen LogP contribution in [0.2, 0.25) is 0 Å². The number of nitrogens with zero attached hydrogens (tertiary/aromatic N) is 1. The van der Waals surface area contributed by atoms with Gasteiger partial charge in [-0.25, -0.2) is 5.48 Å². The van der Waals surface area contributed by atoms with Gasteiger partial charge in [-0.3, -0.25) is 19.6 Å². The van der Waals surface area contributed by atoms with Crippen LogP contribution in [0.15, 0.2) is 18.2 Å². The van der Waals surface area contributed by atoms with Gasteiger partial charge >= 0.3 is 0 Å². The Labute approximate surface area is 147 Å². The molecule has 1 aromatic carbocycles. The first-order chi connectivity index (χ1) is 11.8. The molecule has 0 radical (unpaired) electrons. The summed E-state index contributed by atoms with van der Waals surface area (Å²) in [7, 11) is 0. The molecule has 7 heteroatoms. The molecule has 1 heterocycles. The minimum atomic E-state index is -0.552. The van der Waals surface area contributed by atoms with Gasteiger partial charge in [-0.05, 0) is 42.0 Å². The quantitative estimate of drug-likeness (QED) is 0.551. The molecule has 0 fully saturated rings. The number of amides is 3. The van der Waals surface area contributed by atoms with Crippen LogP contribution in [0.5, 0.6) is 0 Å². The van der Waals surface area contributed by atoms with Crippen molar-refractivity contribution in [3.05, 3.63) is 34.9 Å². The highest BCUT2D eigenvalue weighted by Gasteiger charge is 2.28. The van der Waals surface area contributed by atoms with Gasteiger partial charge in [-0.15, -0.1) is 0 Å². The second-order valence-electron chi connectivity index (χ2n) is 6.82. The van der Waals surface area contributed by atoms with E-state index in [2.05, 4.69) is 5.32 Å². The van der Waals surface area contributed by atoms with E-state index >= 15 is 0 Å². The molecular formula is C18H25N3O4. The predicted molar refractivity (Wildman–Crippen MR) is 91.9 cm³/mol. The molecule has 0 aromatic heterocycles. The van der Waals surface area contributed by atoms with Crippen LogP contribution in [-0.4, -0.2) is 40.4 Å². The smallest absolute Gasteiger partial charge is 0.274 e. The van der Waals surface area contributed by atoms with E-state index in [0.717, 1.165) is 11.1 Å². The number of hydrogen-bond donors (Lipinski definition) is 3. The topological polar surface area (TPSA) is 98.7 Å². The minimum Gasteiger partial charge on any atom is -0.345 e. The first-order valence-electron chi connectivity index (χ1n) is 8.44. The Kier molecular flexibility index (Phi) is 6.14. The van der Waals surface area contributed by atoms with Crippen LogP contribution in [0, 0.1) is 5.92 Å². The second-order valence-corrected chi connectivity index (χ2v) is 6.82. The van der Waals surface area contributed by atoms with E-state index in [4.69, 9.17) is 5.21 Å². The van der Waals surface area contributed by atoms with E-state index in [1.54, 1.807) is 28.6 Å². The fourth-order valence-electron chi connectivity index (χ4n) is 3.11. The molecule has 136 valence electrons. The monoisotopic (exact) mass is 347 g/mol. The van der Waals surface area contributed by atoms with E-state index in [1.165, 1.54) is 6.92 Å². The number of carbonyl (C=O) groups is 3. The zero-order chi connectivity index (χ0) is 18.6. The van der Waals surface area contributed by atoms with Crippen molar-refractivity contribution >= 4 is 17.7 Å². The lowest BCUT2D eigenvalue weighted by Gasteiger charge is -2.32. The molecule has 0 saturated heterocycles. The molecular weight excluding hydrogens is 322 g/mol. The predicted octanol–water partition coefficient (Wildman–Crippen LogP) is 1.24. The number of carbonyl (C=O) groups excluding carboxylic acids is 3. The molecule has 3 N–H and O–H groups in total. The summed E-state index contributed by atoms with van der Waals surface area (Å²) in [6, 6.07) is 4.65. The molecule has 25 heavy (non-hydrogen) atoms. The van der Waals surface area contributed by atoms with E-state index in [-0.39, 0.29) is 17.7 Å². The minimum absolute atomic E-state index is 0.0771. The maximum absolute atomic E-state index is 12.8. The first-order valence-corrected chi connectivity index (χ1v) is 8.44. The lowest BCUT2D eigenvalue weighted by molar-refractivity contribution is -0.137. The zero-order valence-corrected chi connectivity index (χ0v) is 14.8. The SMILES string of the molecule is CC(=O)NC(CC(C)C)C(=O)N1CCc2cc(C(=O)NO)ccc2C1. The Morgan fingerprint density at radius 2 is 1.96 bits per heavy atom. The molecule has 1 aromatic rings. The Morgan fingerprint density at radius 1 is 1.24 bits per heavy atom. The van der Waals surface area contributed by atoms with Crippen molar-refractivity contribution in [2.45, 2.75) is 46.2 Å². The summed E-state index contributed by atoms with van der Waals surface area (Å²) in [5, 5.41) is 11.5. The third-order valence-electron chi connectivity index (χ3n) is 4.28. The van der Waals surface area contributed by atoms with Crippen molar-refractivity contribution in [3.8, 4) is 0 Å². The molecule has 0 saturated carbocycles. The fraction of sp³-hybridized carbons (Fsp3) is 0.500. The van der Waals surface area contributed by atoms with Crippen LogP contribution >= 0.6 is 0 Å². The van der Waals surface area contributed by atoms with Gasteiger partial charge in [0.25, 0.3) is 5.91 Å². The molecule has 3 amide bonds. The fourth-order valence-corrected chi connectivity index (χ4v) is 3.11. The van der Waals surface area contributed by atoms with Crippen LogP contribution in [0.4, 0.5) is 0 Å². The third-order valence-corrected chi connectivity index (χ3v) is 4.28. The number of nitrogens with one attached hydrogen (secondary N) is 2. The summed E-state index contributed by atoms with van der Waals surface area (Å²) < 4.78 is 0. The number of rotatable bonds is 5. The highest BCUT2D eigenvalue weighted by atomic mass is 16.5. The van der Waals surface area contributed by atoms with Gasteiger partial charge < -0.3 is 10.2 Å². The molecule has 0 bridgehead atoms. The molecule has 1 unspecified atom stereocenters. The highest BCUT2D eigenvalue weighted by Crippen LogP contribution is 2.22. The van der Waals surface area contributed by atoms with E-state index < -0.39 is 11.9 Å². The van der Waals surface area contributed by atoms with Crippen LogP contribution in [-0.2, 0) is 22.6 Å². The van der Waals surface area contributed by atoms with Gasteiger partial charge in [0.05, 0.1) is 0 Å². The summed E-state index contributed by atoms with van der Waals surface area (Å²) in [4.78, 5) is 37.5. The molecule has 1 aliphatic rings. The normalized spacial score (nSPS) is 14.7. The lowest BCUT2D eigenvalue weighted by atomic mass is 9.95. The van der Waals surface area contributed by atoms with Gasteiger partial charge in [-0.1, -0.05) is 19.9 Å². The average molecular weight is 347 g/mol. The molecule has 1 aliphatic heterocycles. The Morgan fingerprint density at radius 3 is 2.56 bits per heavy atom. The number of hydrogen-bond acceptors (Lipinski definition) is 4. The van der Waals surface area contributed by atoms with Crippen molar-refractivity contribution in [2.24, 2.45) is 5.92 Å².